The van der Waals surface area contributed by atoms with Crippen molar-refractivity contribution in [1.29, 1.82) is 0 Å². The van der Waals surface area contributed by atoms with Crippen LogP contribution in [0.15, 0.2) is 33.7 Å². The number of nitrogens with one attached hydrogen (secondary N) is 1. The fourth-order valence-electron chi connectivity index (χ4n) is 2.72. The number of rotatable bonds is 4. The Labute approximate surface area is 142 Å². The summed E-state index contributed by atoms with van der Waals surface area (Å²) < 4.78 is 25.0. The minimum atomic E-state index is -0.787. The monoisotopic (exact) mass is 351 g/mol. The molecule has 2 heterocycles. The average molecular weight is 351 g/mol. The number of nitrogens with zero attached hydrogens (tertiary/aromatic N) is 2. The van der Waals surface area contributed by atoms with Crippen molar-refractivity contribution in [3.63, 3.8) is 0 Å². The summed E-state index contributed by atoms with van der Waals surface area (Å²) in [5, 5.41) is 15.2. The second kappa shape index (κ2) is 6.79. The molecule has 1 saturated heterocycles. The maximum Gasteiger partial charge on any atom is 0.365 e. The fraction of sp³-hybridized carbons (Fsp3) is 0.375. The van der Waals surface area contributed by atoms with Crippen molar-refractivity contribution in [3.05, 3.63) is 45.8 Å². The number of hydroxylamine groups is 2. The normalized spacial score (nSPS) is 16.6. The molecule has 0 saturated carbocycles. The van der Waals surface area contributed by atoms with Crippen molar-refractivity contribution in [2.24, 2.45) is 0 Å². The Bertz CT molecular complexity index is 839. The molecule has 1 aromatic heterocycles. The molecule has 9 heteroatoms. The van der Waals surface area contributed by atoms with Gasteiger partial charge in [-0.25, -0.2) is 9.18 Å². The van der Waals surface area contributed by atoms with E-state index in [1.54, 1.807) is 0 Å². The topological polar surface area (TPSA) is 96.5 Å². The Kier molecular flexibility index (Phi) is 4.71. The summed E-state index contributed by atoms with van der Waals surface area (Å²) in [6.07, 6.45) is 1.38. The number of benzene rings is 1. The van der Waals surface area contributed by atoms with Crippen LogP contribution in [0.1, 0.15) is 6.92 Å². The van der Waals surface area contributed by atoms with E-state index < -0.39 is 16.1 Å². The van der Waals surface area contributed by atoms with Crippen molar-refractivity contribution in [3.8, 4) is 11.1 Å². The van der Waals surface area contributed by atoms with Gasteiger partial charge in [0.15, 0.2) is 11.5 Å². The largest absolute Gasteiger partial charge is 0.627 e. The van der Waals surface area contributed by atoms with Gasteiger partial charge in [-0.2, -0.15) is 4.74 Å². The first-order valence-electron chi connectivity index (χ1n) is 7.80. The molecule has 0 atom stereocenters. The smallest absolute Gasteiger partial charge is 0.365 e. The van der Waals surface area contributed by atoms with E-state index in [0.29, 0.717) is 5.56 Å². The molecular weight excluding hydrogens is 333 g/mol. The maximum atomic E-state index is 14.5. The van der Waals surface area contributed by atoms with Crippen LogP contribution in [0, 0.1) is 11.0 Å². The standard InChI is InChI=1S/C16H18FN3O5/c1-11(21)18-10-19-9-13(16(22)25-19)12-2-3-15(14(17)8-12)20(23)4-6-24-7-5-20/h2-3,8-9H,4-7,10H2,1H3,(H,18,21). The Morgan fingerprint density at radius 3 is 2.76 bits per heavy atom. The molecule has 0 aliphatic carbocycles. The molecule has 1 fully saturated rings. The predicted molar refractivity (Wildman–Crippen MR) is 87.9 cm³/mol. The molecule has 8 nitrogen and oxygen atoms in total. The van der Waals surface area contributed by atoms with E-state index >= 15 is 0 Å². The zero-order valence-electron chi connectivity index (χ0n) is 13.7. The highest BCUT2D eigenvalue weighted by Crippen LogP contribution is 2.30. The number of carbonyl (C=O) groups is 1. The van der Waals surface area contributed by atoms with Crippen LogP contribution in [-0.2, 0) is 16.2 Å². The van der Waals surface area contributed by atoms with Gasteiger partial charge in [0.25, 0.3) is 0 Å². The van der Waals surface area contributed by atoms with Crippen LogP contribution in [0.3, 0.4) is 0 Å². The number of morpholine rings is 1. The zero-order chi connectivity index (χ0) is 18.0. The molecule has 2 aromatic rings. The van der Waals surface area contributed by atoms with Crippen LogP contribution in [-0.4, -0.2) is 37.0 Å². The molecule has 1 aliphatic rings. The van der Waals surface area contributed by atoms with Crippen LogP contribution in [0.5, 0.6) is 0 Å². The van der Waals surface area contributed by atoms with Crippen molar-refractivity contribution in [1.82, 2.24) is 14.7 Å². The molecule has 1 aromatic carbocycles. The van der Waals surface area contributed by atoms with Gasteiger partial charge in [-0.05, 0) is 17.7 Å². The quantitative estimate of drug-likeness (QED) is 0.659. The lowest BCUT2D eigenvalue weighted by molar-refractivity contribution is -0.119. The van der Waals surface area contributed by atoms with E-state index in [-0.39, 0.29) is 50.1 Å². The Morgan fingerprint density at radius 2 is 2.12 bits per heavy atom. The number of carbonyl (C=O) groups excluding carboxylic acids is 1. The Balaban J connectivity index is 1.88. The van der Waals surface area contributed by atoms with Crippen molar-refractivity contribution < 1.29 is 18.4 Å². The average Bonchev–Trinajstić information content (AvgIpc) is 2.94. The number of halogens is 1. The van der Waals surface area contributed by atoms with Gasteiger partial charge in [0.05, 0.1) is 25.0 Å². The number of quaternary nitrogens is 1. The third-order valence-electron chi connectivity index (χ3n) is 4.07. The highest BCUT2D eigenvalue weighted by Gasteiger charge is 2.28. The van der Waals surface area contributed by atoms with Gasteiger partial charge < -0.3 is 24.4 Å². The highest BCUT2D eigenvalue weighted by molar-refractivity contribution is 5.72. The summed E-state index contributed by atoms with van der Waals surface area (Å²) in [4.78, 5) is 22.8. The second-order valence-electron chi connectivity index (χ2n) is 5.84. The Hall–Kier alpha value is -2.49. The summed E-state index contributed by atoms with van der Waals surface area (Å²) in [5.41, 5.74) is -0.185. The molecular formula is C16H18FN3O5. The Morgan fingerprint density at radius 1 is 1.40 bits per heavy atom. The molecule has 1 N–H and O–H groups in total. The van der Waals surface area contributed by atoms with E-state index in [4.69, 9.17) is 9.26 Å². The molecule has 1 aliphatic heterocycles. The van der Waals surface area contributed by atoms with Gasteiger partial charge in [-0.15, -0.1) is 0 Å². The number of hydrogen-bond acceptors (Lipinski definition) is 5. The minimum Gasteiger partial charge on any atom is -0.627 e. The van der Waals surface area contributed by atoms with Gasteiger partial charge in [0.1, 0.15) is 19.8 Å². The summed E-state index contributed by atoms with van der Waals surface area (Å²) in [7, 11) is 0. The van der Waals surface area contributed by atoms with E-state index in [1.165, 1.54) is 25.3 Å². The van der Waals surface area contributed by atoms with Crippen LogP contribution < -0.4 is 15.6 Å². The third kappa shape index (κ3) is 3.63. The molecule has 25 heavy (non-hydrogen) atoms. The SMILES string of the molecule is CC(=O)NCn1cc(-c2ccc([N+]3([O-])CCOCC3)c(F)c2)c(=O)o1. The second-order valence-corrected chi connectivity index (χ2v) is 5.84. The van der Waals surface area contributed by atoms with Crippen LogP contribution in [0.2, 0.25) is 0 Å². The van der Waals surface area contributed by atoms with Gasteiger partial charge in [-0.1, -0.05) is 0 Å². The first-order chi connectivity index (χ1) is 11.9. The zero-order valence-corrected chi connectivity index (χ0v) is 13.7. The molecule has 134 valence electrons. The van der Waals surface area contributed by atoms with Gasteiger partial charge in [0.2, 0.25) is 5.91 Å². The van der Waals surface area contributed by atoms with E-state index in [1.807, 2.05) is 0 Å². The van der Waals surface area contributed by atoms with Crippen LogP contribution >= 0.6 is 0 Å². The molecule has 0 bridgehead atoms. The highest BCUT2D eigenvalue weighted by atomic mass is 19.1. The molecule has 0 unspecified atom stereocenters. The summed E-state index contributed by atoms with van der Waals surface area (Å²) in [6.45, 7) is 2.17. The molecule has 3 rings (SSSR count). The van der Waals surface area contributed by atoms with E-state index in [0.717, 1.165) is 10.8 Å². The van der Waals surface area contributed by atoms with E-state index in [9.17, 15) is 19.2 Å². The van der Waals surface area contributed by atoms with Gasteiger partial charge in [0, 0.05) is 13.0 Å². The number of ether oxygens (including phenoxy) is 1. The van der Waals surface area contributed by atoms with Gasteiger partial charge in [-0.3, -0.25) is 4.79 Å². The first kappa shape index (κ1) is 17.3. The lowest BCUT2D eigenvalue weighted by atomic mass is 10.1. The number of amides is 1. The summed E-state index contributed by atoms with van der Waals surface area (Å²) in [6, 6.07) is 4.06. The minimum absolute atomic E-state index is 0.00824. The van der Waals surface area contributed by atoms with Crippen LogP contribution in [0.25, 0.3) is 11.1 Å². The maximum absolute atomic E-state index is 14.5. The summed E-state index contributed by atoms with van der Waals surface area (Å²) >= 11 is 0. The van der Waals surface area contributed by atoms with Crippen molar-refractivity contribution in [2.75, 3.05) is 26.3 Å². The van der Waals surface area contributed by atoms with E-state index in [2.05, 4.69) is 5.32 Å². The molecule has 0 spiro atoms. The third-order valence-corrected chi connectivity index (χ3v) is 4.07. The molecule has 0 radical (unpaired) electrons. The lowest BCUT2D eigenvalue weighted by Crippen LogP contribution is -2.52. The first-order valence-corrected chi connectivity index (χ1v) is 7.80. The summed E-state index contributed by atoms with van der Waals surface area (Å²) in [5.74, 6) is -0.952. The fourth-order valence-corrected chi connectivity index (χ4v) is 2.72. The lowest BCUT2D eigenvalue weighted by Gasteiger charge is -2.44. The number of aromatic nitrogens is 1. The predicted octanol–water partition coefficient (Wildman–Crippen LogP) is 1.18. The van der Waals surface area contributed by atoms with Crippen LogP contribution in [0.4, 0.5) is 10.1 Å². The molecule has 1 amide bonds. The van der Waals surface area contributed by atoms with Crippen molar-refractivity contribution >= 4 is 11.6 Å². The van der Waals surface area contributed by atoms with Crippen molar-refractivity contribution in [2.45, 2.75) is 13.6 Å². The number of hydrogen-bond donors (Lipinski definition) is 1. The van der Waals surface area contributed by atoms with Gasteiger partial charge >= 0.3 is 5.63 Å².